The Morgan fingerprint density at radius 3 is 2.80 bits per heavy atom. The minimum atomic E-state index is -0.165. The molecule has 0 fully saturated rings. The van der Waals surface area contributed by atoms with Crippen molar-refractivity contribution in [1.82, 2.24) is 9.55 Å². The third kappa shape index (κ3) is 2.62. The lowest BCUT2D eigenvalue weighted by atomic mass is 10.3. The van der Waals surface area contributed by atoms with Crippen molar-refractivity contribution >= 4 is 61.5 Å². The number of fused-ring (bicyclic) bond motifs is 1. The van der Waals surface area contributed by atoms with Crippen molar-refractivity contribution in [3.05, 3.63) is 49.8 Å². The molecular weight excluding hydrogens is 379 g/mol. The molecular formula is C14H11BrCl2N2S. The fraction of sp³-hybridized carbons (Fsp3) is 0.214. The molecule has 0 aliphatic rings. The molecule has 104 valence electrons. The zero-order valence-corrected chi connectivity index (χ0v) is 14.5. The van der Waals surface area contributed by atoms with Crippen LogP contribution in [0.3, 0.4) is 0 Å². The Hall–Kier alpha value is -0.550. The van der Waals surface area contributed by atoms with Crippen LogP contribution in [0.4, 0.5) is 0 Å². The lowest BCUT2D eigenvalue weighted by molar-refractivity contribution is 0.750. The van der Waals surface area contributed by atoms with Crippen molar-refractivity contribution in [2.24, 2.45) is 0 Å². The predicted octanol–water partition coefficient (Wildman–Crippen LogP) is 5.86. The summed E-state index contributed by atoms with van der Waals surface area (Å²) in [6, 6.07) is 9.90. The molecule has 0 saturated carbocycles. The van der Waals surface area contributed by atoms with E-state index in [-0.39, 0.29) is 5.38 Å². The summed E-state index contributed by atoms with van der Waals surface area (Å²) in [5.74, 6) is 0.847. The van der Waals surface area contributed by atoms with E-state index in [1.807, 2.05) is 31.2 Å². The fourth-order valence-electron chi connectivity index (χ4n) is 2.22. The first-order valence-electron chi connectivity index (χ1n) is 6.09. The number of nitrogens with zero attached hydrogens (tertiary/aromatic N) is 2. The van der Waals surface area contributed by atoms with Gasteiger partial charge in [0.05, 0.1) is 31.8 Å². The van der Waals surface area contributed by atoms with E-state index in [1.165, 1.54) is 4.88 Å². The van der Waals surface area contributed by atoms with E-state index in [0.717, 1.165) is 27.2 Å². The largest absolute Gasteiger partial charge is 0.320 e. The highest BCUT2D eigenvalue weighted by molar-refractivity contribution is 9.11. The summed E-state index contributed by atoms with van der Waals surface area (Å²) >= 11 is 17.8. The molecule has 0 radical (unpaired) electrons. The van der Waals surface area contributed by atoms with Gasteiger partial charge in [-0.05, 0) is 47.1 Å². The first-order chi connectivity index (χ1) is 9.56. The van der Waals surface area contributed by atoms with Crippen molar-refractivity contribution in [2.75, 3.05) is 0 Å². The third-order valence-corrected chi connectivity index (χ3v) is 5.15. The van der Waals surface area contributed by atoms with Crippen molar-refractivity contribution in [2.45, 2.75) is 18.8 Å². The molecule has 2 aromatic heterocycles. The summed E-state index contributed by atoms with van der Waals surface area (Å²) in [6.45, 7) is 2.65. The first-order valence-corrected chi connectivity index (χ1v) is 8.51. The Bertz CT molecular complexity index is 764. The number of benzene rings is 1. The normalized spacial score (nSPS) is 13.0. The topological polar surface area (TPSA) is 17.8 Å². The lowest BCUT2D eigenvalue weighted by Crippen LogP contribution is -2.04. The van der Waals surface area contributed by atoms with Crippen LogP contribution in [0.25, 0.3) is 11.0 Å². The van der Waals surface area contributed by atoms with Gasteiger partial charge in [0.15, 0.2) is 0 Å². The molecule has 6 heteroatoms. The molecule has 0 saturated heterocycles. The van der Waals surface area contributed by atoms with Gasteiger partial charge in [-0.3, -0.25) is 0 Å². The van der Waals surface area contributed by atoms with Crippen LogP contribution < -0.4 is 0 Å². The van der Waals surface area contributed by atoms with E-state index < -0.39 is 0 Å². The van der Waals surface area contributed by atoms with Crippen molar-refractivity contribution in [1.29, 1.82) is 0 Å². The molecule has 1 atom stereocenters. The molecule has 1 unspecified atom stereocenters. The number of rotatable bonds is 3. The molecule has 2 nitrogen and oxygen atoms in total. The Morgan fingerprint density at radius 1 is 1.35 bits per heavy atom. The van der Waals surface area contributed by atoms with Crippen LogP contribution in [0.1, 0.15) is 23.0 Å². The number of aromatic nitrogens is 2. The van der Waals surface area contributed by atoms with Crippen molar-refractivity contribution in [3.63, 3.8) is 0 Å². The second-order valence-corrected chi connectivity index (χ2v) is 8.09. The molecule has 20 heavy (non-hydrogen) atoms. The van der Waals surface area contributed by atoms with Crippen LogP contribution in [0, 0.1) is 0 Å². The number of alkyl halides is 1. The summed E-state index contributed by atoms with van der Waals surface area (Å²) in [6.07, 6.45) is 0. The quantitative estimate of drug-likeness (QED) is 0.512. The van der Waals surface area contributed by atoms with E-state index in [9.17, 15) is 0 Å². The number of imidazole rings is 1. The van der Waals surface area contributed by atoms with Gasteiger partial charge in [-0.1, -0.05) is 17.7 Å². The van der Waals surface area contributed by atoms with Crippen LogP contribution in [-0.2, 0) is 6.54 Å². The molecule has 0 amide bonds. The minimum absolute atomic E-state index is 0.165. The van der Waals surface area contributed by atoms with Gasteiger partial charge in [0, 0.05) is 4.88 Å². The van der Waals surface area contributed by atoms with Crippen molar-refractivity contribution in [3.8, 4) is 0 Å². The third-order valence-electron chi connectivity index (χ3n) is 3.05. The van der Waals surface area contributed by atoms with Crippen LogP contribution in [0.15, 0.2) is 34.1 Å². The van der Waals surface area contributed by atoms with Crippen LogP contribution in [-0.4, -0.2) is 9.55 Å². The average Bonchev–Trinajstić information content (AvgIpc) is 2.95. The summed E-state index contributed by atoms with van der Waals surface area (Å²) in [5.41, 5.74) is 1.83. The van der Waals surface area contributed by atoms with Crippen LogP contribution in [0.5, 0.6) is 0 Å². The van der Waals surface area contributed by atoms with E-state index in [4.69, 9.17) is 23.2 Å². The molecule has 0 N–H and O–H groups in total. The van der Waals surface area contributed by atoms with E-state index >= 15 is 0 Å². The first kappa shape index (κ1) is 14.4. The Labute approximate surface area is 139 Å². The number of hydrogen-bond acceptors (Lipinski definition) is 2. The summed E-state index contributed by atoms with van der Waals surface area (Å²) in [5, 5.41) is 0.538. The van der Waals surface area contributed by atoms with Crippen molar-refractivity contribution < 1.29 is 0 Å². The van der Waals surface area contributed by atoms with Gasteiger partial charge < -0.3 is 4.57 Å². The van der Waals surface area contributed by atoms with Gasteiger partial charge in [0.2, 0.25) is 0 Å². The van der Waals surface area contributed by atoms with E-state index in [0.29, 0.717) is 5.02 Å². The zero-order chi connectivity index (χ0) is 14.3. The summed E-state index contributed by atoms with van der Waals surface area (Å²) < 4.78 is 3.22. The summed E-state index contributed by atoms with van der Waals surface area (Å²) in [7, 11) is 0. The zero-order valence-electron chi connectivity index (χ0n) is 10.6. The van der Waals surface area contributed by atoms with Gasteiger partial charge in [-0.15, -0.1) is 22.9 Å². The van der Waals surface area contributed by atoms with Crippen LogP contribution in [0.2, 0.25) is 5.02 Å². The van der Waals surface area contributed by atoms with E-state index in [2.05, 4.69) is 31.5 Å². The fourth-order valence-corrected chi connectivity index (χ4v) is 4.13. The second kappa shape index (κ2) is 5.68. The Balaban J connectivity index is 2.18. The highest BCUT2D eigenvalue weighted by atomic mass is 79.9. The Kier molecular flexibility index (Phi) is 4.09. The molecule has 3 aromatic rings. The van der Waals surface area contributed by atoms with Gasteiger partial charge in [-0.25, -0.2) is 4.98 Å². The molecule has 2 heterocycles. The standard InChI is InChI=1S/C14H11BrCl2N2S/c1-8(16)14-18-11-4-2-3-10(17)13(11)19(14)7-9-5-6-12(15)20-9/h2-6,8H,7H2,1H3. The molecule has 0 aliphatic carbocycles. The highest BCUT2D eigenvalue weighted by Crippen LogP contribution is 2.31. The van der Waals surface area contributed by atoms with Gasteiger partial charge >= 0.3 is 0 Å². The average molecular weight is 390 g/mol. The molecule has 0 spiro atoms. The molecule has 0 aliphatic heterocycles. The SMILES string of the molecule is CC(Cl)c1nc2cccc(Cl)c2n1Cc1ccc(Br)s1. The van der Waals surface area contributed by atoms with E-state index in [1.54, 1.807) is 11.3 Å². The van der Waals surface area contributed by atoms with Gasteiger partial charge in [0.1, 0.15) is 5.82 Å². The maximum atomic E-state index is 6.34. The molecule has 3 rings (SSSR count). The smallest absolute Gasteiger partial charge is 0.128 e. The second-order valence-electron chi connectivity index (χ2n) is 4.49. The summed E-state index contributed by atoms with van der Waals surface area (Å²) in [4.78, 5) is 5.85. The number of thiophene rings is 1. The number of para-hydroxylation sites is 1. The lowest BCUT2D eigenvalue weighted by Gasteiger charge is -2.10. The predicted molar refractivity (Wildman–Crippen MR) is 90.1 cm³/mol. The minimum Gasteiger partial charge on any atom is -0.320 e. The Morgan fingerprint density at radius 2 is 2.15 bits per heavy atom. The van der Waals surface area contributed by atoms with Crippen LogP contribution >= 0.6 is 50.5 Å². The molecule has 0 bridgehead atoms. The monoisotopic (exact) mass is 388 g/mol. The van der Waals surface area contributed by atoms with Gasteiger partial charge in [0.25, 0.3) is 0 Å². The highest BCUT2D eigenvalue weighted by Gasteiger charge is 2.17. The number of halogens is 3. The maximum absolute atomic E-state index is 6.34. The van der Waals surface area contributed by atoms with Gasteiger partial charge in [-0.2, -0.15) is 0 Å². The maximum Gasteiger partial charge on any atom is 0.128 e. The molecule has 1 aromatic carbocycles. The number of hydrogen-bond donors (Lipinski definition) is 0.